The first-order valence-corrected chi connectivity index (χ1v) is 5.33. The smallest absolute Gasteiger partial charge is 0.354 e. The van der Waals surface area contributed by atoms with Gasteiger partial charge in [0, 0.05) is 11.3 Å². The maximum atomic E-state index is 13.0. The Bertz CT molecular complexity index is 534. The van der Waals surface area contributed by atoms with Crippen molar-refractivity contribution < 1.29 is 13.9 Å². The number of hydrogen-bond donors (Lipinski definition) is 1. The van der Waals surface area contributed by atoms with E-state index in [9.17, 15) is 9.18 Å². The molecule has 3 nitrogen and oxygen atoms in total. The van der Waals surface area contributed by atoms with Crippen LogP contribution >= 0.6 is 0 Å². The molecule has 0 aliphatic rings. The fourth-order valence-corrected chi connectivity index (χ4v) is 1.55. The lowest BCUT2D eigenvalue weighted by Gasteiger charge is -1.99. The molecule has 0 saturated heterocycles. The summed E-state index contributed by atoms with van der Waals surface area (Å²) in [7, 11) is 0. The van der Waals surface area contributed by atoms with Gasteiger partial charge in [0.1, 0.15) is 11.5 Å². The van der Waals surface area contributed by atoms with Crippen molar-refractivity contribution in [3.8, 4) is 11.3 Å². The first-order valence-electron chi connectivity index (χ1n) is 5.33. The topological polar surface area (TPSA) is 42.1 Å². The second kappa shape index (κ2) is 4.82. The number of esters is 1. The van der Waals surface area contributed by atoms with Crippen molar-refractivity contribution in [2.24, 2.45) is 0 Å². The van der Waals surface area contributed by atoms with Gasteiger partial charge in [-0.3, -0.25) is 0 Å². The molecule has 88 valence electrons. The second-order valence-corrected chi connectivity index (χ2v) is 3.52. The number of H-pyrrole nitrogens is 1. The number of aromatic amines is 1. The molecule has 1 N–H and O–H groups in total. The van der Waals surface area contributed by atoms with E-state index in [2.05, 4.69) is 4.98 Å². The lowest BCUT2D eigenvalue weighted by atomic mass is 10.1. The molecule has 2 rings (SSSR count). The van der Waals surface area contributed by atoms with Gasteiger partial charge in [0.25, 0.3) is 0 Å². The van der Waals surface area contributed by atoms with Crippen molar-refractivity contribution in [2.45, 2.75) is 6.92 Å². The summed E-state index contributed by atoms with van der Waals surface area (Å²) in [5.74, 6) is -0.718. The van der Waals surface area contributed by atoms with Crippen LogP contribution in [0.3, 0.4) is 0 Å². The van der Waals surface area contributed by atoms with Gasteiger partial charge in [-0.05, 0) is 31.2 Å². The van der Waals surface area contributed by atoms with E-state index in [1.54, 1.807) is 31.2 Å². The molecule has 0 spiro atoms. The Balaban J connectivity index is 2.27. The molecule has 1 aromatic heterocycles. The van der Waals surface area contributed by atoms with Crippen molar-refractivity contribution in [1.29, 1.82) is 0 Å². The first kappa shape index (κ1) is 11.4. The van der Waals surface area contributed by atoms with E-state index in [1.807, 2.05) is 0 Å². The SMILES string of the molecule is CCOC(=O)c1ccc(-c2cccc(F)c2)[nH]1. The van der Waals surface area contributed by atoms with Gasteiger partial charge in [0.2, 0.25) is 0 Å². The number of halogens is 1. The van der Waals surface area contributed by atoms with Crippen molar-refractivity contribution in [1.82, 2.24) is 4.98 Å². The fourth-order valence-electron chi connectivity index (χ4n) is 1.55. The van der Waals surface area contributed by atoms with Crippen LogP contribution in [0.1, 0.15) is 17.4 Å². The van der Waals surface area contributed by atoms with Crippen LogP contribution in [0.15, 0.2) is 36.4 Å². The highest BCUT2D eigenvalue weighted by molar-refractivity contribution is 5.88. The number of aromatic nitrogens is 1. The summed E-state index contributed by atoms with van der Waals surface area (Å²) in [6, 6.07) is 9.51. The molecule has 4 heteroatoms. The van der Waals surface area contributed by atoms with Gasteiger partial charge < -0.3 is 9.72 Å². The summed E-state index contributed by atoms with van der Waals surface area (Å²) >= 11 is 0. The molecule has 1 aromatic carbocycles. The van der Waals surface area contributed by atoms with Crippen LogP contribution < -0.4 is 0 Å². The molecule has 0 aliphatic carbocycles. The monoisotopic (exact) mass is 233 g/mol. The Labute approximate surface area is 98.2 Å². The Kier molecular flexibility index (Phi) is 3.23. The quantitative estimate of drug-likeness (QED) is 0.828. The standard InChI is InChI=1S/C13H12FNO2/c1-2-17-13(16)12-7-6-11(15-12)9-4-3-5-10(14)8-9/h3-8,15H,2H2,1H3. The average molecular weight is 233 g/mol. The zero-order valence-electron chi connectivity index (χ0n) is 9.37. The molecule has 0 amide bonds. The molecule has 0 saturated carbocycles. The van der Waals surface area contributed by atoms with E-state index < -0.39 is 5.97 Å². The third-order valence-electron chi connectivity index (χ3n) is 2.32. The van der Waals surface area contributed by atoms with Gasteiger partial charge in [0.05, 0.1) is 6.61 Å². The maximum Gasteiger partial charge on any atom is 0.354 e. The van der Waals surface area contributed by atoms with E-state index in [1.165, 1.54) is 12.1 Å². The first-order chi connectivity index (χ1) is 8.20. The van der Waals surface area contributed by atoms with E-state index in [0.717, 1.165) is 0 Å². The molecule has 0 aliphatic heterocycles. The van der Waals surface area contributed by atoms with Gasteiger partial charge in [-0.1, -0.05) is 12.1 Å². The second-order valence-electron chi connectivity index (χ2n) is 3.52. The normalized spacial score (nSPS) is 10.2. The third-order valence-corrected chi connectivity index (χ3v) is 2.32. The van der Waals surface area contributed by atoms with Gasteiger partial charge in [-0.2, -0.15) is 0 Å². The summed E-state index contributed by atoms with van der Waals surface area (Å²) in [6.07, 6.45) is 0. The number of ether oxygens (including phenoxy) is 1. The largest absolute Gasteiger partial charge is 0.461 e. The zero-order chi connectivity index (χ0) is 12.3. The van der Waals surface area contributed by atoms with Crippen LogP contribution in [0.5, 0.6) is 0 Å². The Morgan fingerprint density at radius 2 is 2.18 bits per heavy atom. The third kappa shape index (κ3) is 2.53. The molecule has 1 heterocycles. The minimum Gasteiger partial charge on any atom is -0.461 e. The van der Waals surface area contributed by atoms with Gasteiger partial charge >= 0.3 is 5.97 Å². The highest BCUT2D eigenvalue weighted by Gasteiger charge is 2.09. The van der Waals surface area contributed by atoms with Crippen molar-refractivity contribution in [3.05, 3.63) is 47.9 Å². The Hall–Kier alpha value is -2.10. The fraction of sp³-hybridized carbons (Fsp3) is 0.154. The predicted molar refractivity (Wildman–Crippen MR) is 62.1 cm³/mol. The van der Waals surface area contributed by atoms with Gasteiger partial charge in [-0.15, -0.1) is 0 Å². The highest BCUT2D eigenvalue weighted by Crippen LogP contribution is 2.19. The minimum atomic E-state index is -0.407. The van der Waals surface area contributed by atoms with Gasteiger partial charge in [-0.25, -0.2) is 9.18 Å². The average Bonchev–Trinajstić information content (AvgIpc) is 2.78. The molecule has 0 bridgehead atoms. The lowest BCUT2D eigenvalue weighted by Crippen LogP contribution is -2.04. The van der Waals surface area contributed by atoms with Crippen LogP contribution in [-0.4, -0.2) is 17.6 Å². The van der Waals surface area contributed by atoms with Crippen LogP contribution in [0.25, 0.3) is 11.3 Å². The van der Waals surface area contributed by atoms with E-state index in [4.69, 9.17) is 4.74 Å². The molecule has 2 aromatic rings. The van der Waals surface area contributed by atoms with Crippen LogP contribution in [0, 0.1) is 5.82 Å². The number of carbonyl (C=O) groups is 1. The zero-order valence-corrected chi connectivity index (χ0v) is 9.37. The van der Waals surface area contributed by atoms with Crippen molar-refractivity contribution >= 4 is 5.97 Å². The van der Waals surface area contributed by atoms with Crippen LogP contribution in [0.4, 0.5) is 4.39 Å². The predicted octanol–water partition coefficient (Wildman–Crippen LogP) is 3.00. The maximum absolute atomic E-state index is 13.0. The summed E-state index contributed by atoms with van der Waals surface area (Å²) in [5.41, 5.74) is 1.75. The summed E-state index contributed by atoms with van der Waals surface area (Å²) in [4.78, 5) is 14.3. The van der Waals surface area contributed by atoms with E-state index in [0.29, 0.717) is 23.6 Å². The number of nitrogens with one attached hydrogen (secondary N) is 1. The lowest BCUT2D eigenvalue weighted by molar-refractivity contribution is 0.0520. The number of benzene rings is 1. The van der Waals surface area contributed by atoms with E-state index >= 15 is 0 Å². The molecule has 0 atom stereocenters. The van der Waals surface area contributed by atoms with Crippen molar-refractivity contribution in [2.75, 3.05) is 6.61 Å². The number of carbonyl (C=O) groups excluding carboxylic acids is 1. The molecule has 0 radical (unpaired) electrons. The number of hydrogen-bond acceptors (Lipinski definition) is 2. The molecule has 17 heavy (non-hydrogen) atoms. The minimum absolute atomic E-state index is 0.310. The van der Waals surface area contributed by atoms with Crippen LogP contribution in [-0.2, 0) is 4.74 Å². The Morgan fingerprint density at radius 3 is 2.88 bits per heavy atom. The van der Waals surface area contributed by atoms with Gasteiger partial charge in [0.15, 0.2) is 0 Å². The summed E-state index contributed by atoms with van der Waals surface area (Å²) < 4.78 is 17.9. The molecular formula is C13H12FNO2. The summed E-state index contributed by atoms with van der Waals surface area (Å²) in [6.45, 7) is 2.07. The van der Waals surface area contributed by atoms with Crippen LogP contribution in [0.2, 0.25) is 0 Å². The highest BCUT2D eigenvalue weighted by atomic mass is 19.1. The molecular weight excluding hydrogens is 221 g/mol. The molecule has 0 fully saturated rings. The Morgan fingerprint density at radius 1 is 1.35 bits per heavy atom. The summed E-state index contributed by atoms with van der Waals surface area (Å²) in [5, 5.41) is 0. The van der Waals surface area contributed by atoms with E-state index in [-0.39, 0.29) is 5.82 Å². The number of rotatable bonds is 3. The van der Waals surface area contributed by atoms with Crippen molar-refractivity contribution in [3.63, 3.8) is 0 Å². The molecule has 0 unspecified atom stereocenters.